The molecule has 26 heavy (non-hydrogen) atoms. The van der Waals surface area contributed by atoms with E-state index in [0.29, 0.717) is 21.8 Å². The minimum absolute atomic E-state index is 0.0168. The van der Waals surface area contributed by atoms with Gasteiger partial charge in [0, 0.05) is 4.88 Å². The van der Waals surface area contributed by atoms with Gasteiger partial charge in [0.2, 0.25) is 0 Å². The van der Waals surface area contributed by atoms with Gasteiger partial charge in [0.25, 0.3) is 5.91 Å². The number of hydrogen-bond donors (Lipinski definition) is 3. The number of ether oxygens (including phenoxy) is 1. The van der Waals surface area contributed by atoms with Gasteiger partial charge in [0.15, 0.2) is 11.5 Å². The van der Waals surface area contributed by atoms with Crippen LogP contribution in [0.4, 0.5) is 5.00 Å². The fourth-order valence-corrected chi connectivity index (χ4v) is 5.72. The highest BCUT2D eigenvalue weighted by molar-refractivity contribution is 14.1. The van der Waals surface area contributed by atoms with Gasteiger partial charge in [-0.15, -0.1) is 11.3 Å². The zero-order valence-corrected chi connectivity index (χ0v) is 17.7. The molecular formula is C19H21IN2O3S. The Morgan fingerprint density at radius 2 is 2.19 bits per heavy atom. The lowest BCUT2D eigenvalue weighted by Gasteiger charge is -2.27. The topological polar surface area (TPSA) is 70.6 Å². The number of anilines is 1. The maximum absolute atomic E-state index is 12.8. The minimum atomic E-state index is -0.333. The monoisotopic (exact) mass is 484 g/mol. The second-order valence-corrected chi connectivity index (χ2v) is 9.16. The molecule has 2 aromatic rings. The van der Waals surface area contributed by atoms with E-state index in [-0.39, 0.29) is 17.8 Å². The first-order valence-electron chi connectivity index (χ1n) is 8.85. The van der Waals surface area contributed by atoms with Gasteiger partial charge in [-0.2, -0.15) is 0 Å². The number of hydrogen-bond acceptors (Lipinski definition) is 5. The molecule has 1 amide bonds. The lowest BCUT2D eigenvalue weighted by molar-refractivity contribution is 0.0935. The number of rotatable bonds is 3. The SMILES string of the molecule is CCOc1cc([C@H]2NC(=O)c3c(sc4c3CC[C@@H](C)C4)N2)cc(I)c1O. The van der Waals surface area contributed by atoms with E-state index in [1.54, 1.807) is 17.4 Å². The third-order valence-electron chi connectivity index (χ3n) is 4.97. The summed E-state index contributed by atoms with van der Waals surface area (Å²) in [4.78, 5) is 14.2. The first-order valence-corrected chi connectivity index (χ1v) is 10.7. The molecule has 5 nitrogen and oxygen atoms in total. The third kappa shape index (κ3) is 3.05. The van der Waals surface area contributed by atoms with Crippen molar-refractivity contribution in [3.05, 3.63) is 37.3 Å². The maximum atomic E-state index is 12.8. The normalized spacial score (nSPS) is 21.4. The molecule has 3 N–H and O–H groups in total. The first-order chi connectivity index (χ1) is 12.5. The number of aromatic hydroxyl groups is 1. The van der Waals surface area contributed by atoms with Crippen LogP contribution in [0.2, 0.25) is 0 Å². The Labute approximate surface area is 170 Å². The number of thiophene rings is 1. The van der Waals surface area contributed by atoms with Crippen molar-refractivity contribution in [3.63, 3.8) is 0 Å². The van der Waals surface area contributed by atoms with E-state index in [2.05, 4.69) is 40.1 Å². The van der Waals surface area contributed by atoms with Crippen molar-refractivity contribution in [2.24, 2.45) is 5.92 Å². The molecule has 2 heterocycles. The molecule has 1 aliphatic heterocycles. The molecule has 0 unspecified atom stereocenters. The summed E-state index contributed by atoms with van der Waals surface area (Å²) in [7, 11) is 0. The van der Waals surface area contributed by atoms with Crippen LogP contribution in [0.5, 0.6) is 11.5 Å². The second kappa shape index (κ2) is 6.92. The Kier molecular flexibility index (Phi) is 4.77. The molecule has 0 saturated carbocycles. The van der Waals surface area contributed by atoms with Crippen molar-refractivity contribution >= 4 is 44.8 Å². The highest BCUT2D eigenvalue weighted by atomic mass is 127. The zero-order chi connectivity index (χ0) is 18.4. The molecule has 0 spiro atoms. The molecule has 2 atom stereocenters. The van der Waals surface area contributed by atoms with Gasteiger partial charge in [0.05, 0.1) is 15.7 Å². The van der Waals surface area contributed by atoms with E-state index in [0.717, 1.165) is 35.4 Å². The minimum Gasteiger partial charge on any atom is -0.504 e. The fraction of sp³-hybridized carbons (Fsp3) is 0.421. The molecule has 4 rings (SSSR count). The number of benzene rings is 1. The molecule has 2 aliphatic rings. The van der Waals surface area contributed by atoms with Crippen LogP contribution in [0, 0.1) is 9.49 Å². The summed E-state index contributed by atoms with van der Waals surface area (Å²) in [6.45, 7) is 4.62. The summed E-state index contributed by atoms with van der Waals surface area (Å²) in [6, 6.07) is 3.66. The van der Waals surface area contributed by atoms with Crippen molar-refractivity contribution < 1.29 is 14.6 Å². The Hall–Kier alpha value is -1.48. The van der Waals surface area contributed by atoms with Gasteiger partial charge in [-0.25, -0.2) is 0 Å². The number of carbonyl (C=O) groups excluding carboxylic acids is 1. The highest BCUT2D eigenvalue weighted by Crippen LogP contribution is 2.43. The third-order valence-corrected chi connectivity index (χ3v) is 6.98. The molecule has 0 fully saturated rings. The van der Waals surface area contributed by atoms with E-state index in [1.165, 1.54) is 10.4 Å². The van der Waals surface area contributed by atoms with E-state index in [9.17, 15) is 9.90 Å². The second-order valence-electron chi connectivity index (χ2n) is 6.89. The van der Waals surface area contributed by atoms with Crippen molar-refractivity contribution in [1.29, 1.82) is 0 Å². The summed E-state index contributed by atoms with van der Waals surface area (Å²) < 4.78 is 6.23. The lowest BCUT2D eigenvalue weighted by atomic mass is 9.88. The molecule has 7 heteroatoms. The van der Waals surface area contributed by atoms with E-state index in [1.807, 2.05) is 13.0 Å². The van der Waals surface area contributed by atoms with Crippen LogP contribution in [-0.2, 0) is 12.8 Å². The number of phenolic OH excluding ortho intramolecular Hbond substituents is 1. The summed E-state index contributed by atoms with van der Waals surface area (Å²) in [5, 5.41) is 17.7. The van der Waals surface area contributed by atoms with Crippen LogP contribution in [-0.4, -0.2) is 17.6 Å². The average molecular weight is 484 g/mol. The van der Waals surface area contributed by atoms with Crippen molar-refractivity contribution in [2.75, 3.05) is 11.9 Å². The van der Waals surface area contributed by atoms with Crippen molar-refractivity contribution in [3.8, 4) is 11.5 Å². The molecule has 1 aromatic heterocycles. The van der Waals surface area contributed by atoms with Crippen LogP contribution in [0.3, 0.4) is 0 Å². The molecule has 0 bridgehead atoms. The average Bonchev–Trinajstić information content (AvgIpc) is 2.96. The Morgan fingerprint density at radius 1 is 1.38 bits per heavy atom. The van der Waals surface area contributed by atoms with Crippen LogP contribution >= 0.6 is 33.9 Å². The van der Waals surface area contributed by atoms with Gasteiger partial charge in [-0.3, -0.25) is 4.79 Å². The molecular weight excluding hydrogens is 463 g/mol. The summed E-state index contributed by atoms with van der Waals surface area (Å²) in [5.74, 6) is 1.24. The predicted octanol–water partition coefficient (Wildman–Crippen LogP) is 4.44. The summed E-state index contributed by atoms with van der Waals surface area (Å²) >= 11 is 3.79. The summed E-state index contributed by atoms with van der Waals surface area (Å²) in [5.41, 5.74) is 2.92. The molecule has 1 aromatic carbocycles. The number of nitrogens with one attached hydrogen (secondary N) is 2. The predicted molar refractivity (Wildman–Crippen MR) is 111 cm³/mol. The lowest BCUT2D eigenvalue weighted by Crippen LogP contribution is -2.38. The number of halogens is 1. The molecule has 0 saturated heterocycles. The van der Waals surface area contributed by atoms with Gasteiger partial charge in [-0.05, 0) is 78.0 Å². The van der Waals surface area contributed by atoms with Crippen LogP contribution < -0.4 is 15.4 Å². The number of fused-ring (bicyclic) bond motifs is 3. The fourth-order valence-electron chi connectivity index (χ4n) is 3.66. The molecule has 138 valence electrons. The van der Waals surface area contributed by atoms with Crippen LogP contribution in [0.25, 0.3) is 0 Å². The molecule has 0 radical (unpaired) electrons. The Balaban J connectivity index is 1.69. The van der Waals surface area contributed by atoms with Gasteiger partial charge >= 0.3 is 0 Å². The Morgan fingerprint density at radius 3 is 2.96 bits per heavy atom. The van der Waals surface area contributed by atoms with E-state index < -0.39 is 0 Å². The highest BCUT2D eigenvalue weighted by Gasteiger charge is 2.33. The molecule has 1 aliphatic carbocycles. The van der Waals surface area contributed by atoms with Gasteiger partial charge in [0.1, 0.15) is 11.2 Å². The maximum Gasteiger partial charge on any atom is 0.256 e. The van der Waals surface area contributed by atoms with Crippen molar-refractivity contribution in [2.45, 2.75) is 39.3 Å². The Bertz CT molecular complexity index is 880. The van der Waals surface area contributed by atoms with Crippen LogP contribution in [0.1, 0.15) is 52.8 Å². The number of phenols is 1. The van der Waals surface area contributed by atoms with Gasteiger partial charge < -0.3 is 20.5 Å². The van der Waals surface area contributed by atoms with Crippen LogP contribution in [0.15, 0.2) is 12.1 Å². The van der Waals surface area contributed by atoms with E-state index >= 15 is 0 Å². The standard InChI is InChI=1S/C19H21IN2O3S/c1-3-25-13-8-10(7-12(20)16(13)23)17-21-18(24)15-11-5-4-9(2)6-14(11)26-19(15)22-17/h7-9,17,22-23H,3-6H2,1-2H3,(H,21,24)/t9-,17+/m1/s1. The largest absolute Gasteiger partial charge is 0.504 e. The van der Waals surface area contributed by atoms with Crippen molar-refractivity contribution in [1.82, 2.24) is 5.32 Å². The number of carbonyl (C=O) groups is 1. The first kappa shape index (κ1) is 17.9. The van der Waals surface area contributed by atoms with Gasteiger partial charge in [-0.1, -0.05) is 6.92 Å². The smallest absolute Gasteiger partial charge is 0.256 e. The number of amides is 1. The zero-order valence-electron chi connectivity index (χ0n) is 14.7. The van der Waals surface area contributed by atoms with E-state index in [4.69, 9.17) is 4.74 Å². The summed E-state index contributed by atoms with van der Waals surface area (Å²) in [6.07, 6.45) is 2.84. The quantitative estimate of drug-likeness (QED) is 0.564.